The van der Waals surface area contributed by atoms with E-state index in [4.69, 9.17) is 10.00 Å². The minimum Gasteiger partial charge on any atom is -0.497 e. The Balaban J connectivity index is 1.81. The van der Waals surface area contributed by atoms with E-state index in [2.05, 4.69) is 16.7 Å². The molecule has 0 aromatic heterocycles. The lowest BCUT2D eigenvalue weighted by Gasteiger charge is -2.09. The van der Waals surface area contributed by atoms with Crippen molar-refractivity contribution in [1.82, 2.24) is 5.32 Å². The van der Waals surface area contributed by atoms with Crippen LogP contribution in [0.3, 0.4) is 0 Å². The molecule has 0 saturated carbocycles. The van der Waals surface area contributed by atoms with Crippen LogP contribution in [0.25, 0.3) is 0 Å². The van der Waals surface area contributed by atoms with Crippen molar-refractivity contribution in [3.05, 3.63) is 59.7 Å². The average molecular weight is 295 g/mol. The zero-order valence-electron chi connectivity index (χ0n) is 12.3. The van der Waals surface area contributed by atoms with E-state index in [-0.39, 0.29) is 12.5 Å². The molecule has 1 amide bonds. The van der Waals surface area contributed by atoms with Crippen LogP contribution < -0.4 is 15.4 Å². The molecule has 0 aliphatic rings. The smallest absolute Gasteiger partial charge is 0.239 e. The summed E-state index contributed by atoms with van der Waals surface area (Å²) in [5, 5.41) is 14.6. The van der Waals surface area contributed by atoms with Gasteiger partial charge in [-0.05, 0) is 35.9 Å². The standard InChI is InChI=1S/C17H17N3O2/c1-22-16-7-3-5-14(9-16)11-20-17(21)12-19-15-6-2-4-13(8-15)10-18/h2-9,19H,11-12H2,1H3,(H,20,21). The van der Waals surface area contributed by atoms with Gasteiger partial charge in [0.2, 0.25) is 5.91 Å². The lowest BCUT2D eigenvalue weighted by Crippen LogP contribution is -2.29. The highest BCUT2D eigenvalue weighted by atomic mass is 16.5. The van der Waals surface area contributed by atoms with Gasteiger partial charge in [0.1, 0.15) is 5.75 Å². The number of hydrogen-bond acceptors (Lipinski definition) is 4. The van der Waals surface area contributed by atoms with Gasteiger partial charge in [-0.15, -0.1) is 0 Å². The maximum atomic E-state index is 11.8. The fraction of sp³-hybridized carbons (Fsp3) is 0.176. The molecule has 0 atom stereocenters. The third-order valence-electron chi connectivity index (χ3n) is 3.07. The van der Waals surface area contributed by atoms with E-state index >= 15 is 0 Å². The van der Waals surface area contributed by atoms with Crippen molar-refractivity contribution in [1.29, 1.82) is 5.26 Å². The second-order valence-electron chi connectivity index (χ2n) is 4.67. The summed E-state index contributed by atoms with van der Waals surface area (Å²) in [6, 6.07) is 16.6. The zero-order valence-corrected chi connectivity index (χ0v) is 12.3. The second kappa shape index (κ2) is 7.70. The van der Waals surface area contributed by atoms with Crippen LogP contribution in [0, 0.1) is 11.3 Å². The Hall–Kier alpha value is -3.00. The number of nitriles is 1. The van der Waals surface area contributed by atoms with Crippen LogP contribution in [-0.2, 0) is 11.3 Å². The SMILES string of the molecule is COc1cccc(CNC(=O)CNc2cccc(C#N)c2)c1. The molecule has 2 aromatic rings. The summed E-state index contributed by atoms with van der Waals surface area (Å²) in [7, 11) is 1.61. The number of nitrogens with one attached hydrogen (secondary N) is 2. The van der Waals surface area contributed by atoms with Crippen LogP contribution in [0.1, 0.15) is 11.1 Å². The maximum absolute atomic E-state index is 11.8. The van der Waals surface area contributed by atoms with Gasteiger partial charge in [0.25, 0.3) is 0 Å². The first-order chi connectivity index (χ1) is 10.7. The zero-order chi connectivity index (χ0) is 15.8. The predicted octanol–water partition coefficient (Wildman–Crippen LogP) is 2.30. The summed E-state index contributed by atoms with van der Waals surface area (Å²) >= 11 is 0. The van der Waals surface area contributed by atoms with Gasteiger partial charge in [0, 0.05) is 12.2 Å². The number of benzene rings is 2. The van der Waals surface area contributed by atoms with E-state index in [1.807, 2.05) is 30.3 Å². The Bertz CT molecular complexity index is 692. The Morgan fingerprint density at radius 1 is 1.23 bits per heavy atom. The van der Waals surface area contributed by atoms with Gasteiger partial charge in [-0.2, -0.15) is 5.26 Å². The first-order valence-electron chi connectivity index (χ1n) is 6.85. The Kier molecular flexibility index (Phi) is 5.38. The quantitative estimate of drug-likeness (QED) is 0.857. The molecule has 0 unspecified atom stereocenters. The summed E-state index contributed by atoms with van der Waals surface area (Å²) in [4.78, 5) is 11.8. The molecular formula is C17H17N3O2. The van der Waals surface area contributed by atoms with Gasteiger partial charge in [0.05, 0.1) is 25.3 Å². The molecule has 0 aliphatic carbocycles. The number of anilines is 1. The highest BCUT2D eigenvalue weighted by Crippen LogP contribution is 2.12. The molecule has 5 heteroatoms. The minimum absolute atomic E-state index is 0.120. The number of carbonyl (C=O) groups is 1. The molecule has 0 aliphatic heterocycles. The van der Waals surface area contributed by atoms with E-state index < -0.39 is 0 Å². The van der Waals surface area contributed by atoms with Crippen LogP contribution >= 0.6 is 0 Å². The summed E-state index contributed by atoms with van der Waals surface area (Å²) < 4.78 is 5.14. The summed E-state index contributed by atoms with van der Waals surface area (Å²) in [5.41, 5.74) is 2.27. The van der Waals surface area contributed by atoms with E-state index in [1.165, 1.54) is 0 Å². The molecule has 2 rings (SSSR count). The lowest BCUT2D eigenvalue weighted by molar-refractivity contribution is -0.119. The van der Waals surface area contributed by atoms with Crippen molar-refractivity contribution in [2.45, 2.75) is 6.54 Å². The molecule has 0 saturated heterocycles. The van der Waals surface area contributed by atoms with Crippen molar-refractivity contribution in [3.63, 3.8) is 0 Å². The van der Waals surface area contributed by atoms with Gasteiger partial charge in [-0.3, -0.25) is 4.79 Å². The highest BCUT2D eigenvalue weighted by Gasteiger charge is 2.02. The molecule has 0 heterocycles. The largest absolute Gasteiger partial charge is 0.497 e. The Morgan fingerprint density at radius 3 is 2.82 bits per heavy atom. The van der Waals surface area contributed by atoms with Crippen LogP contribution in [0.4, 0.5) is 5.69 Å². The number of rotatable bonds is 6. The van der Waals surface area contributed by atoms with Crippen molar-refractivity contribution >= 4 is 11.6 Å². The minimum atomic E-state index is -0.120. The van der Waals surface area contributed by atoms with Gasteiger partial charge in [0.15, 0.2) is 0 Å². The van der Waals surface area contributed by atoms with Crippen LogP contribution in [0.5, 0.6) is 5.75 Å². The van der Waals surface area contributed by atoms with E-state index in [0.29, 0.717) is 12.1 Å². The van der Waals surface area contributed by atoms with Crippen molar-refractivity contribution in [2.75, 3.05) is 19.0 Å². The number of carbonyl (C=O) groups excluding carboxylic acids is 1. The van der Waals surface area contributed by atoms with Gasteiger partial charge in [-0.25, -0.2) is 0 Å². The van der Waals surface area contributed by atoms with E-state index in [9.17, 15) is 4.79 Å². The van der Waals surface area contributed by atoms with E-state index in [1.54, 1.807) is 25.3 Å². The lowest BCUT2D eigenvalue weighted by atomic mass is 10.2. The molecule has 0 radical (unpaired) electrons. The van der Waals surface area contributed by atoms with Crippen LogP contribution in [0.15, 0.2) is 48.5 Å². The summed E-state index contributed by atoms with van der Waals surface area (Å²) in [6.45, 7) is 0.592. The number of methoxy groups -OCH3 is 1. The molecule has 2 N–H and O–H groups in total. The second-order valence-corrected chi connectivity index (χ2v) is 4.67. The fourth-order valence-corrected chi connectivity index (χ4v) is 1.93. The van der Waals surface area contributed by atoms with Crippen LogP contribution in [0.2, 0.25) is 0 Å². The number of nitrogens with zero attached hydrogens (tertiary/aromatic N) is 1. The maximum Gasteiger partial charge on any atom is 0.239 e. The first-order valence-corrected chi connectivity index (χ1v) is 6.85. The first kappa shape index (κ1) is 15.4. The number of hydrogen-bond donors (Lipinski definition) is 2. The van der Waals surface area contributed by atoms with Crippen molar-refractivity contribution in [3.8, 4) is 11.8 Å². The molecule has 5 nitrogen and oxygen atoms in total. The Morgan fingerprint density at radius 2 is 2.05 bits per heavy atom. The molecule has 112 valence electrons. The summed E-state index contributed by atoms with van der Waals surface area (Å²) in [6.07, 6.45) is 0. The third-order valence-corrected chi connectivity index (χ3v) is 3.07. The Labute approximate surface area is 129 Å². The van der Waals surface area contributed by atoms with Crippen LogP contribution in [-0.4, -0.2) is 19.6 Å². The molecule has 2 aromatic carbocycles. The topological polar surface area (TPSA) is 74.2 Å². The average Bonchev–Trinajstić information content (AvgIpc) is 2.58. The molecule has 0 bridgehead atoms. The number of ether oxygens (including phenoxy) is 1. The van der Waals surface area contributed by atoms with Gasteiger partial charge < -0.3 is 15.4 Å². The molecular weight excluding hydrogens is 278 g/mol. The number of amides is 1. The molecule has 0 fully saturated rings. The summed E-state index contributed by atoms with van der Waals surface area (Å²) in [5.74, 6) is 0.642. The van der Waals surface area contributed by atoms with Gasteiger partial charge >= 0.3 is 0 Å². The highest BCUT2D eigenvalue weighted by molar-refractivity contribution is 5.80. The molecule has 22 heavy (non-hydrogen) atoms. The van der Waals surface area contributed by atoms with Crippen molar-refractivity contribution in [2.24, 2.45) is 0 Å². The monoisotopic (exact) mass is 295 g/mol. The third kappa shape index (κ3) is 4.53. The molecule has 0 spiro atoms. The van der Waals surface area contributed by atoms with E-state index in [0.717, 1.165) is 17.0 Å². The predicted molar refractivity (Wildman–Crippen MR) is 84.5 cm³/mol. The fourth-order valence-electron chi connectivity index (χ4n) is 1.93. The van der Waals surface area contributed by atoms with Crippen molar-refractivity contribution < 1.29 is 9.53 Å². The normalized spacial score (nSPS) is 9.64. The van der Waals surface area contributed by atoms with Gasteiger partial charge in [-0.1, -0.05) is 18.2 Å².